The van der Waals surface area contributed by atoms with E-state index in [1.807, 2.05) is 6.07 Å². The van der Waals surface area contributed by atoms with Crippen molar-refractivity contribution in [1.82, 2.24) is 4.90 Å². The molecule has 0 bridgehead atoms. The number of piperidine rings is 1. The molecule has 30 heavy (non-hydrogen) atoms. The summed E-state index contributed by atoms with van der Waals surface area (Å²) in [5.41, 5.74) is 2.89. The minimum atomic E-state index is 0.265. The van der Waals surface area contributed by atoms with Crippen LogP contribution in [0.4, 0.5) is 0 Å². The van der Waals surface area contributed by atoms with Crippen molar-refractivity contribution in [2.24, 2.45) is 0 Å². The highest BCUT2D eigenvalue weighted by molar-refractivity contribution is 6.12. The first-order valence-electron chi connectivity index (χ1n) is 10.7. The second-order valence-corrected chi connectivity index (χ2v) is 8.23. The van der Waals surface area contributed by atoms with Crippen LogP contribution in [0.3, 0.4) is 0 Å². The molecule has 1 fully saturated rings. The quantitative estimate of drug-likeness (QED) is 0.458. The second kappa shape index (κ2) is 7.74. The molecule has 5 rings (SSSR count). The Labute approximate surface area is 177 Å². The molecular formula is C26H27NO3. The van der Waals surface area contributed by atoms with Crippen molar-refractivity contribution in [2.45, 2.75) is 38.3 Å². The van der Waals surface area contributed by atoms with Crippen LogP contribution in [-0.4, -0.2) is 38.3 Å². The van der Waals surface area contributed by atoms with Gasteiger partial charge in [-0.05, 0) is 82.7 Å². The highest BCUT2D eigenvalue weighted by atomic mass is 16.5. The average molecular weight is 402 g/mol. The lowest BCUT2D eigenvalue weighted by molar-refractivity contribution is 0.128. The first-order chi connectivity index (χ1) is 14.7. The van der Waals surface area contributed by atoms with Crippen molar-refractivity contribution in [3.8, 4) is 29.6 Å². The van der Waals surface area contributed by atoms with E-state index >= 15 is 0 Å². The number of terminal acetylenes is 1. The van der Waals surface area contributed by atoms with E-state index in [2.05, 4.69) is 35.1 Å². The molecule has 3 aromatic carbocycles. The summed E-state index contributed by atoms with van der Waals surface area (Å²) in [5.74, 6) is 4.87. The van der Waals surface area contributed by atoms with Gasteiger partial charge >= 0.3 is 0 Å². The van der Waals surface area contributed by atoms with Crippen molar-refractivity contribution < 1.29 is 14.2 Å². The highest BCUT2D eigenvalue weighted by Crippen LogP contribution is 2.44. The van der Waals surface area contributed by atoms with E-state index in [-0.39, 0.29) is 6.61 Å². The van der Waals surface area contributed by atoms with Crippen molar-refractivity contribution in [2.75, 3.05) is 27.4 Å². The van der Waals surface area contributed by atoms with Crippen LogP contribution in [0.15, 0.2) is 30.3 Å². The topological polar surface area (TPSA) is 30.9 Å². The van der Waals surface area contributed by atoms with Gasteiger partial charge < -0.3 is 14.2 Å². The van der Waals surface area contributed by atoms with Crippen LogP contribution in [-0.2, 0) is 13.0 Å². The van der Waals surface area contributed by atoms with Gasteiger partial charge in [0.1, 0.15) is 12.4 Å². The number of methoxy groups -OCH3 is 2. The normalized spacial score (nSPS) is 18.5. The van der Waals surface area contributed by atoms with Gasteiger partial charge in [-0.1, -0.05) is 18.4 Å². The maximum atomic E-state index is 5.74. The number of hydrogen-bond donors (Lipinski definition) is 0. The predicted octanol–water partition coefficient (Wildman–Crippen LogP) is 4.93. The van der Waals surface area contributed by atoms with Gasteiger partial charge in [0.05, 0.1) is 14.2 Å². The molecule has 0 spiro atoms. The predicted molar refractivity (Wildman–Crippen MR) is 121 cm³/mol. The fourth-order valence-electron chi connectivity index (χ4n) is 5.25. The van der Waals surface area contributed by atoms with Gasteiger partial charge in [0.15, 0.2) is 11.5 Å². The van der Waals surface area contributed by atoms with Crippen LogP contribution in [0, 0.1) is 12.3 Å². The molecule has 2 aliphatic heterocycles. The molecular weight excluding hydrogens is 374 g/mol. The van der Waals surface area contributed by atoms with Crippen LogP contribution in [0.25, 0.3) is 21.5 Å². The third-order valence-corrected chi connectivity index (χ3v) is 6.69. The van der Waals surface area contributed by atoms with Crippen molar-refractivity contribution in [3.63, 3.8) is 0 Å². The summed E-state index contributed by atoms with van der Waals surface area (Å²) in [5, 5.41) is 4.91. The molecule has 2 heterocycles. The van der Waals surface area contributed by atoms with Gasteiger partial charge in [-0.3, -0.25) is 4.90 Å². The molecule has 3 aromatic rings. The molecule has 1 unspecified atom stereocenters. The Hall–Kier alpha value is -2.90. The molecule has 1 atom stereocenters. The standard InChI is InChI=1S/C26H27NO3/c1-4-11-30-18-8-9-19-21(13-18)23-15-26(29-3)25(28-2)14-22(23)20-12-17-7-5-6-10-27(17)16-24(19)20/h1,8-9,13-15,17H,5-7,10-12,16H2,2-3H3. The Bertz CT molecular complexity index is 1160. The van der Waals surface area contributed by atoms with Gasteiger partial charge in [-0.2, -0.15) is 0 Å². The van der Waals surface area contributed by atoms with Crippen LogP contribution in [0.2, 0.25) is 0 Å². The Balaban J connectivity index is 1.80. The van der Waals surface area contributed by atoms with E-state index in [0.29, 0.717) is 6.04 Å². The molecule has 2 aliphatic rings. The maximum absolute atomic E-state index is 5.74. The first-order valence-corrected chi connectivity index (χ1v) is 10.7. The number of hydrogen-bond acceptors (Lipinski definition) is 4. The highest BCUT2D eigenvalue weighted by Gasteiger charge is 2.31. The Morgan fingerprint density at radius 2 is 1.73 bits per heavy atom. The van der Waals surface area contributed by atoms with E-state index in [1.54, 1.807) is 14.2 Å². The summed E-state index contributed by atoms with van der Waals surface area (Å²) in [6, 6.07) is 11.2. The van der Waals surface area contributed by atoms with Gasteiger partial charge in [0.25, 0.3) is 0 Å². The monoisotopic (exact) mass is 401 g/mol. The molecule has 0 radical (unpaired) electrons. The third kappa shape index (κ3) is 3.05. The number of benzene rings is 3. The van der Waals surface area contributed by atoms with Crippen LogP contribution in [0.1, 0.15) is 30.4 Å². The van der Waals surface area contributed by atoms with E-state index in [1.165, 1.54) is 58.5 Å². The average Bonchev–Trinajstić information content (AvgIpc) is 2.80. The van der Waals surface area contributed by atoms with Crippen molar-refractivity contribution in [3.05, 3.63) is 41.5 Å². The third-order valence-electron chi connectivity index (χ3n) is 6.69. The summed E-state index contributed by atoms with van der Waals surface area (Å²) in [4.78, 5) is 2.67. The molecule has 154 valence electrons. The number of nitrogens with zero attached hydrogens (tertiary/aromatic N) is 1. The zero-order valence-electron chi connectivity index (χ0n) is 17.7. The Morgan fingerprint density at radius 1 is 0.967 bits per heavy atom. The fraction of sp³-hybridized carbons (Fsp3) is 0.385. The number of ether oxygens (including phenoxy) is 3. The van der Waals surface area contributed by atoms with Crippen molar-refractivity contribution in [1.29, 1.82) is 0 Å². The minimum absolute atomic E-state index is 0.265. The largest absolute Gasteiger partial charge is 0.493 e. The van der Waals surface area contributed by atoms with Crippen LogP contribution in [0.5, 0.6) is 17.2 Å². The molecule has 0 amide bonds. The van der Waals surface area contributed by atoms with Crippen molar-refractivity contribution >= 4 is 21.5 Å². The zero-order valence-corrected chi connectivity index (χ0v) is 17.7. The second-order valence-electron chi connectivity index (χ2n) is 8.23. The smallest absolute Gasteiger partial charge is 0.161 e. The zero-order chi connectivity index (χ0) is 20.7. The molecule has 4 nitrogen and oxygen atoms in total. The Kier molecular flexibility index (Phi) is 4.92. The van der Waals surface area contributed by atoms with Gasteiger partial charge in [-0.25, -0.2) is 0 Å². The lowest BCUT2D eigenvalue weighted by atomic mass is 9.82. The molecule has 4 heteroatoms. The molecule has 0 N–H and O–H groups in total. The van der Waals surface area contributed by atoms with Gasteiger partial charge in [-0.15, -0.1) is 6.42 Å². The SMILES string of the molecule is C#CCOc1ccc2c3c(c4cc(OC)c(OC)cc4c2c1)CC1CCCCN1C3. The number of rotatable bonds is 4. The van der Waals surface area contributed by atoms with Gasteiger partial charge in [0, 0.05) is 12.6 Å². The summed E-state index contributed by atoms with van der Waals surface area (Å²) in [7, 11) is 3.39. The summed E-state index contributed by atoms with van der Waals surface area (Å²) >= 11 is 0. The summed E-state index contributed by atoms with van der Waals surface area (Å²) in [6.45, 7) is 2.46. The van der Waals surface area contributed by atoms with E-state index in [4.69, 9.17) is 20.6 Å². The molecule has 0 saturated carbocycles. The number of fused-ring (bicyclic) bond motifs is 7. The molecule has 1 saturated heterocycles. The lowest BCUT2D eigenvalue weighted by Gasteiger charge is -2.41. The maximum Gasteiger partial charge on any atom is 0.161 e. The minimum Gasteiger partial charge on any atom is -0.493 e. The van der Waals surface area contributed by atoms with E-state index < -0.39 is 0 Å². The molecule has 0 aromatic heterocycles. The molecule has 0 aliphatic carbocycles. The van der Waals surface area contributed by atoms with Gasteiger partial charge in [0.2, 0.25) is 0 Å². The lowest BCUT2D eigenvalue weighted by Crippen LogP contribution is -2.43. The Morgan fingerprint density at radius 3 is 2.50 bits per heavy atom. The first kappa shape index (κ1) is 19.1. The summed E-state index contributed by atoms with van der Waals surface area (Å²) in [6.07, 6.45) is 10.4. The van der Waals surface area contributed by atoms with E-state index in [0.717, 1.165) is 30.2 Å². The summed E-state index contributed by atoms with van der Waals surface area (Å²) < 4.78 is 17.0. The van der Waals surface area contributed by atoms with E-state index in [9.17, 15) is 0 Å². The van der Waals surface area contributed by atoms with Crippen LogP contribution >= 0.6 is 0 Å². The van der Waals surface area contributed by atoms with Crippen LogP contribution < -0.4 is 14.2 Å². The fourth-order valence-corrected chi connectivity index (χ4v) is 5.25.